The van der Waals surface area contributed by atoms with Crippen LogP contribution in [0.15, 0.2) is 42.5 Å². The van der Waals surface area contributed by atoms with Crippen LogP contribution < -0.4 is 10.1 Å². The zero-order valence-corrected chi connectivity index (χ0v) is 23.0. The van der Waals surface area contributed by atoms with E-state index in [-0.39, 0.29) is 17.4 Å². The predicted molar refractivity (Wildman–Crippen MR) is 148 cm³/mol. The molecule has 5 atom stereocenters. The van der Waals surface area contributed by atoms with Gasteiger partial charge >= 0.3 is 0 Å². The molecule has 3 heterocycles. The van der Waals surface area contributed by atoms with Crippen LogP contribution in [0.5, 0.6) is 5.88 Å². The Morgan fingerprint density at radius 2 is 1.84 bits per heavy atom. The molecule has 6 heteroatoms. The van der Waals surface area contributed by atoms with Gasteiger partial charge < -0.3 is 19.7 Å². The zero-order chi connectivity index (χ0) is 26.1. The van der Waals surface area contributed by atoms with Crippen molar-refractivity contribution in [2.45, 2.75) is 81.3 Å². The Morgan fingerprint density at radius 1 is 1.03 bits per heavy atom. The second-order valence-electron chi connectivity index (χ2n) is 12.0. The Hall–Kier alpha value is -2.44. The van der Waals surface area contributed by atoms with Gasteiger partial charge in [0.15, 0.2) is 0 Å². The number of piperidine rings is 1. The summed E-state index contributed by atoms with van der Waals surface area (Å²) in [5, 5.41) is 3.64. The number of pyridine rings is 1. The van der Waals surface area contributed by atoms with Crippen LogP contribution >= 0.6 is 0 Å². The van der Waals surface area contributed by atoms with E-state index in [1.807, 2.05) is 6.07 Å². The molecule has 6 nitrogen and oxygen atoms in total. The van der Waals surface area contributed by atoms with Crippen molar-refractivity contribution in [1.82, 2.24) is 15.2 Å². The second kappa shape index (κ2) is 11.0. The number of nitrogens with one attached hydrogen (secondary N) is 1. The largest absolute Gasteiger partial charge is 0.481 e. The molecule has 1 amide bonds. The highest BCUT2D eigenvalue weighted by molar-refractivity contribution is 5.82. The van der Waals surface area contributed by atoms with Crippen LogP contribution in [-0.4, -0.2) is 55.7 Å². The van der Waals surface area contributed by atoms with Crippen molar-refractivity contribution < 1.29 is 14.3 Å². The topological polar surface area (TPSA) is 63.7 Å². The van der Waals surface area contributed by atoms with Crippen molar-refractivity contribution in [2.24, 2.45) is 11.8 Å². The van der Waals surface area contributed by atoms with Gasteiger partial charge in [-0.25, -0.2) is 4.98 Å². The summed E-state index contributed by atoms with van der Waals surface area (Å²) in [4.78, 5) is 21.8. The van der Waals surface area contributed by atoms with Crippen molar-refractivity contribution in [2.75, 3.05) is 33.9 Å². The van der Waals surface area contributed by atoms with Crippen LogP contribution in [0, 0.1) is 11.8 Å². The summed E-state index contributed by atoms with van der Waals surface area (Å²) in [7, 11) is 3.41. The third-order valence-electron chi connectivity index (χ3n) is 10.2. The minimum absolute atomic E-state index is 0.0568. The third kappa shape index (κ3) is 4.54. The standard InChI is InChI=1S/C32H43N3O3/c1-37-28-15-17-32(25-13-14-29(38-2)34-30(25)28)21-33-20-26(32)31(36)35-18-16-24(22-9-5-3-6-10-22)19-27(35)23-11-7-4-8-12-23/h3,5-6,9-10,13-14,23-24,26-28,33H,4,7-8,11-12,15-21H2,1-2H3. The molecule has 1 spiro atoms. The van der Waals surface area contributed by atoms with Crippen LogP contribution in [0.2, 0.25) is 0 Å². The molecule has 1 aromatic heterocycles. The lowest BCUT2D eigenvalue weighted by Crippen LogP contribution is -2.55. The fourth-order valence-corrected chi connectivity index (χ4v) is 8.22. The summed E-state index contributed by atoms with van der Waals surface area (Å²) in [6, 6.07) is 15.4. The maximum absolute atomic E-state index is 14.7. The van der Waals surface area contributed by atoms with Crippen molar-refractivity contribution in [3.05, 3.63) is 59.3 Å². The Balaban J connectivity index is 1.31. The van der Waals surface area contributed by atoms with Gasteiger partial charge in [0.05, 0.1) is 24.8 Å². The molecule has 5 unspecified atom stereocenters. The van der Waals surface area contributed by atoms with Gasteiger partial charge in [-0.1, -0.05) is 55.7 Å². The Morgan fingerprint density at radius 3 is 2.61 bits per heavy atom. The molecule has 3 fully saturated rings. The number of aromatic nitrogens is 1. The maximum atomic E-state index is 14.7. The number of hydrogen-bond donors (Lipinski definition) is 1. The Labute approximate surface area is 227 Å². The number of benzene rings is 1. The first-order valence-electron chi connectivity index (χ1n) is 14.8. The van der Waals surface area contributed by atoms with Gasteiger partial charge in [-0.05, 0) is 61.5 Å². The van der Waals surface area contributed by atoms with Gasteiger partial charge in [0.2, 0.25) is 11.8 Å². The SMILES string of the molecule is COc1ccc2c(n1)C(OC)CCC21CNCC1C(=O)N1CCC(c2ccccc2)CC1C1CCCCC1. The lowest BCUT2D eigenvalue weighted by atomic mass is 9.64. The molecule has 1 saturated carbocycles. The molecule has 2 aliphatic carbocycles. The van der Waals surface area contributed by atoms with E-state index in [2.05, 4.69) is 46.6 Å². The maximum Gasteiger partial charge on any atom is 0.228 e. The van der Waals surface area contributed by atoms with E-state index in [0.29, 0.717) is 29.7 Å². The minimum Gasteiger partial charge on any atom is -0.481 e. The number of fused-ring (bicyclic) bond motifs is 2. The first kappa shape index (κ1) is 25.8. The normalized spacial score (nSPS) is 31.8. The molecule has 0 radical (unpaired) electrons. The number of likely N-dealkylation sites (tertiary alicyclic amines) is 1. The van der Waals surface area contributed by atoms with E-state index in [1.165, 1.54) is 43.2 Å². The van der Waals surface area contributed by atoms with Crippen LogP contribution in [0.4, 0.5) is 0 Å². The molecule has 1 N–H and O–H groups in total. The molecule has 2 aromatic rings. The van der Waals surface area contributed by atoms with E-state index >= 15 is 0 Å². The molecule has 38 heavy (non-hydrogen) atoms. The number of methoxy groups -OCH3 is 2. The van der Waals surface area contributed by atoms with Gasteiger partial charge in [-0.15, -0.1) is 0 Å². The lowest BCUT2D eigenvalue weighted by Gasteiger charge is -2.48. The van der Waals surface area contributed by atoms with Crippen molar-refractivity contribution in [1.29, 1.82) is 0 Å². The van der Waals surface area contributed by atoms with Crippen LogP contribution in [0.1, 0.15) is 86.6 Å². The van der Waals surface area contributed by atoms with Gasteiger partial charge in [0.25, 0.3) is 0 Å². The molecular weight excluding hydrogens is 474 g/mol. The number of ether oxygens (including phenoxy) is 2. The van der Waals surface area contributed by atoms with E-state index in [9.17, 15) is 4.79 Å². The highest BCUT2D eigenvalue weighted by Gasteiger charge is 2.54. The summed E-state index contributed by atoms with van der Waals surface area (Å²) in [5.41, 5.74) is 3.32. The Bertz CT molecular complexity index is 1120. The Kier molecular flexibility index (Phi) is 7.45. The number of nitrogens with zero attached hydrogens (tertiary/aromatic N) is 2. The van der Waals surface area contributed by atoms with Crippen LogP contribution in [0.3, 0.4) is 0 Å². The molecular formula is C32H43N3O3. The average molecular weight is 518 g/mol. The number of carbonyl (C=O) groups excluding carboxylic acids is 1. The summed E-state index contributed by atoms with van der Waals surface area (Å²) < 4.78 is 11.3. The number of rotatable bonds is 5. The molecule has 4 aliphatic rings. The fraction of sp³-hybridized carbons (Fsp3) is 0.625. The number of hydrogen-bond acceptors (Lipinski definition) is 5. The van der Waals surface area contributed by atoms with Crippen molar-refractivity contribution in [3.8, 4) is 5.88 Å². The van der Waals surface area contributed by atoms with Crippen LogP contribution in [-0.2, 0) is 14.9 Å². The van der Waals surface area contributed by atoms with Gasteiger partial charge in [0, 0.05) is 44.3 Å². The monoisotopic (exact) mass is 517 g/mol. The minimum atomic E-state index is -0.242. The zero-order valence-electron chi connectivity index (χ0n) is 23.0. The molecule has 2 aliphatic heterocycles. The first-order chi connectivity index (χ1) is 18.6. The quantitative estimate of drug-likeness (QED) is 0.577. The third-order valence-corrected chi connectivity index (χ3v) is 10.2. The molecule has 2 saturated heterocycles. The van der Waals surface area contributed by atoms with Crippen molar-refractivity contribution >= 4 is 5.91 Å². The van der Waals surface area contributed by atoms with Gasteiger partial charge in [-0.3, -0.25) is 4.79 Å². The highest BCUT2D eigenvalue weighted by Crippen LogP contribution is 2.50. The number of amides is 1. The second-order valence-corrected chi connectivity index (χ2v) is 12.0. The molecule has 204 valence electrons. The fourth-order valence-electron chi connectivity index (χ4n) is 8.22. The molecule has 6 rings (SSSR count). The van der Waals surface area contributed by atoms with E-state index in [4.69, 9.17) is 14.5 Å². The average Bonchev–Trinajstić information content (AvgIpc) is 3.41. The van der Waals surface area contributed by atoms with E-state index in [0.717, 1.165) is 51.0 Å². The predicted octanol–water partition coefficient (Wildman–Crippen LogP) is 5.38. The van der Waals surface area contributed by atoms with Gasteiger partial charge in [-0.2, -0.15) is 0 Å². The first-order valence-corrected chi connectivity index (χ1v) is 14.8. The van der Waals surface area contributed by atoms with Crippen molar-refractivity contribution in [3.63, 3.8) is 0 Å². The van der Waals surface area contributed by atoms with Gasteiger partial charge in [0.1, 0.15) is 0 Å². The van der Waals surface area contributed by atoms with Crippen LogP contribution in [0.25, 0.3) is 0 Å². The molecule has 1 aromatic carbocycles. The molecule has 0 bridgehead atoms. The smallest absolute Gasteiger partial charge is 0.228 e. The summed E-state index contributed by atoms with van der Waals surface area (Å²) in [5.74, 6) is 2.05. The van der Waals surface area contributed by atoms with E-state index < -0.39 is 0 Å². The number of carbonyl (C=O) groups is 1. The summed E-state index contributed by atoms with van der Waals surface area (Å²) >= 11 is 0. The lowest BCUT2D eigenvalue weighted by molar-refractivity contribution is -0.143. The van der Waals surface area contributed by atoms with E-state index in [1.54, 1.807) is 14.2 Å². The highest BCUT2D eigenvalue weighted by atomic mass is 16.5. The summed E-state index contributed by atoms with van der Waals surface area (Å²) in [6.07, 6.45) is 10.3. The summed E-state index contributed by atoms with van der Waals surface area (Å²) in [6.45, 7) is 2.41.